The summed E-state index contributed by atoms with van der Waals surface area (Å²) in [6.45, 7) is 11.5. The second kappa shape index (κ2) is 16.0. The third kappa shape index (κ3) is 8.47. The molecule has 9 rings (SSSR count). The first-order valence-corrected chi connectivity index (χ1v) is 23.2. The summed E-state index contributed by atoms with van der Waals surface area (Å²) in [7, 11) is 0. The van der Waals surface area contributed by atoms with Gasteiger partial charge in [-0.1, -0.05) is 58.3 Å². The van der Waals surface area contributed by atoms with Gasteiger partial charge < -0.3 is 29.2 Å². The number of aliphatic hydroxyl groups excluding tert-OH is 2. The standard InChI is InChI=1S/C49H44Cl3F3N2O8S/c1-45(2)39(58)36(40(59)46(3,4)64-45)32-18-26(62-43-33(49(53,54)55)15-25(51)21-56-43)11-13-29(32)30-14-23(30)20-48(7)42(61)37(41(60)47(5,6)65-48)31-19-27(10-12-28(31)22-8-9-22)63-44-57-38-34(52)16-24(50)17-35(38)66-44/h10-13,15-19,21-23,30,58,60H,8-9,14,20H2,1-7H3. The maximum atomic E-state index is 15.1. The van der Waals surface area contributed by atoms with Crippen molar-refractivity contribution in [3.8, 4) is 22.6 Å². The molecule has 4 aliphatic rings. The summed E-state index contributed by atoms with van der Waals surface area (Å²) in [5, 5.41) is 24.5. The molecular weight excluding hydrogens is 940 g/mol. The van der Waals surface area contributed by atoms with Gasteiger partial charge in [-0.3, -0.25) is 9.59 Å². The van der Waals surface area contributed by atoms with Crippen molar-refractivity contribution in [1.29, 1.82) is 0 Å². The molecule has 3 atom stereocenters. The number of ketones is 2. The van der Waals surface area contributed by atoms with Gasteiger partial charge in [-0.15, -0.1) is 0 Å². The molecule has 3 aromatic carbocycles. The summed E-state index contributed by atoms with van der Waals surface area (Å²) in [5.41, 5.74) is -3.83. The molecule has 66 heavy (non-hydrogen) atoms. The second-order valence-electron chi connectivity index (χ2n) is 19.1. The molecular formula is C49H44Cl3F3N2O8S. The average Bonchev–Trinajstić information content (AvgIpc) is 4.15. The monoisotopic (exact) mass is 982 g/mol. The third-order valence-corrected chi connectivity index (χ3v) is 14.2. The molecule has 10 nitrogen and oxygen atoms in total. The molecule has 3 unspecified atom stereocenters. The number of fused-ring (bicyclic) bond motifs is 1. The fraction of sp³-hybridized carbons (Fsp3) is 0.388. The number of carbonyl (C=O) groups excluding carboxylic acids is 2. The number of pyridine rings is 1. The highest BCUT2D eigenvalue weighted by Gasteiger charge is 2.55. The van der Waals surface area contributed by atoms with E-state index in [0.29, 0.717) is 50.1 Å². The lowest BCUT2D eigenvalue weighted by molar-refractivity contribution is -0.165. The Morgan fingerprint density at radius 1 is 0.773 bits per heavy atom. The van der Waals surface area contributed by atoms with Crippen molar-refractivity contribution >= 4 is 79.1 Å². The number of benzene rings is 3. The van der Waals surface area contributed by atoms with E-state index < -0.39 is 51.6 Å². The Balaban J connectivity index is 1.06. The zero-order valence-corrected chi connectivity index (χ0v) is 39.8. The van der Waals surface area contributed by atoms with E-state index in [0.717, 1.165) is 29.3 Å². The number of halogens is 6. The Labute approximate surface area is 397 Å². The number of carbonyl (C=O) groups is 2. The van der Waals surface area contributed by atoms with Crippen LogP contribution in [-0.4, -0.2) is 54.2 Å². The molecule has 0 spiro atoms. The van der Waals surface area contributed by atoms with Crippen molar-refractivity contribution in [3.05, 3.63) is 115 Å². The fourth-order valence-corrected chi connectivity index (χ4v) is 11.1. The lowest BCUT2D eigenvalue weighted by Crippen LogP contribution is -2.51. The van der Waals surface area contributed by atoms with Crippen molar-refractivity contribution < 1.29 is 51.9 Å². The van der Waals surface area contributed by atoms with Crippen LogP contribution in [0.3, 0.4) is 0 Å². The lowest BCUT2D eigenvalue weighted by Gasteiger charge is -2.43. The SMILES string of the molecule is CC1(C)OC(C)(C)C(O)=C(c2cc(Oc3ncc(Cl)cc3C(F)(F)F)ccc2C2CC2CC2(C)OC(C)(C)C(O)=C(c3cc(Oc4nc5c(Cl)cc(Cl)cc5s4)ccc3C3CC3)C2=O)C1=O. The highest BCUT2D eigenvalue weighted by Crippen LogP contribution is 2.58. The first-order valence-electron chi connectivity index (χ1n) is 21.3. The van der Waals surface area contributed by atoms with Gasteiger partial charge in [-0.25, -0.2) is 9.97 Å². The Bertz CT molecular complexity index is 2960. The van der Waals surface area contributed by atoms with Gasteiger partial charge in [0.1, 0.15) is 56.5 Å². The van der Waals surface area contributed by atoms with Crippen LogP contribution in [0.5, 0.6) is 22.6 Å². The Morgan fingerprint density at radius 3 is 2.03 bits per heavy atom. The van der Waals surface area contributed by atoms with E-state index in [-0.39, 0.29) is 63.2 Å². The van der Waals surface area contributed by atoms with Gasteiger partial charge >= 0.3 is 6.18 Å². The molecule has 2 aromatic heterocycles. The number of alkyl halides is 3. The summed E-state index contributed by atoms with van der Waals surface area (Å²) in [6.07, 6.45) is -1.27. The quantitative estimate of drug-likeness (QED) is 0.139. The Kier molecular flexibility index (Phi) is 11.2. The van der Waals surface area contributed by atoms with E-state index in [4.69, 9.17) is 53.8 Å². The minimum atomic E-state index is -4.85. The van der Waals surface area contributed by atoms with Gasteiger partial charge in [-0.05, 0) is 157 Å². The van der Waals surface area contributed by atoms with Crippen molar-refractivity contribution in [1.82, 2.24) is 9.97 Å². The van der Waals surface area contributed by atoms with E-state index in [1.165, 1.54) is 23.5 Å². The van der Waals surface area contributed by atoms with Crippen LogP contribution >= 0.6 is 46.1 Å². The van der Waals surface area contributed by atoms with Crippen LogP contribution in [0.15, 0.2) is 72.3 Å². The number of thiazole rings is 1. The van der Waals surface area contributed by atoms with Gasteiger partial charge in [0, 0.05) is 11.2 Å². The summed E-state index contributed by atoms with van der Waals surface area (Å²) < 4.78 is 67.7. The molecule has 0 bridgehead atoms. The molecule has 346 valence electrons. The Hall–Kier alpha value is -4.70. The number of ether oxygens (including phenoxy) is 4. The van der Waals surface area contributed by atoms with Gasteiger partial charge in [0.2, 0.25) is 5.88 Å². The molecule has 4 heterocycles. The summed E-state index contributed by atoms with van der Waals surface area (Å²) >= 11 is 19.8. The zero-order valence-electron chi connectivity index (χ0n) is 36.7. The molecule has 0 amide bonds. The molecule has 0 saturated heterocycles. The van der Waals surface area contributed by atoms with E-state index in [9.17, 15) is 28.2 Å². The van der Waals surface area contributed by atoms with Crippen LogP contribution < -0.4 is 9.47 Å². The van der Waals surface area contributed by atoms with Gasteiger partial charge in [0.05, 0.1) is 25.9 Å². The van der Waals surface area contributed by atoms with Crippen LogP contribution in [0.2, 0.25) is 15.1 Å². The summed E-state index contributed by atoms with van der Waals surface area (Å²) in [6, 6.07) is 14.1. The van der Waals surface area contributed by atoms with Crippen LogP contribution in [0.1, 0.15) is 114 Å². The zero-order chi connectivity index (χ0) is 47.6. The molecule has 2 aliphatic carbocycles. The van der Waals surface area contributed by atoms with Gasteiger partial charge in [0.25, 0.3) is 5.19 Å². The van der Waals surface area contributed by atoms with Crippen molar-refractivity contribution in [3.63, 3.8) is 0 Å². The first kappa shape index (κ1) is 46.4. The minimum absolute atomic E-state index is 0.0672. The predicted octanol–water partition coefficient (Wildman–Crippen LogP) is 14.2. The van der Waals surface area contributed by atoms with Crippen LogP contribution in [0, 0.1) is 5.92 Å². The van der Waals surface area contributed by atoms with Gasteiger partial charge in [0.15, 0.2) is 11.6 Å². The Morgan fingerprint density at radius 2 is 1.38 bits per heavy atom. The second-order valence-corrected chi connectivity index (χ2v) is 21.3. The number of aromatic nitrogens is 2. The smallest absolute Gasteiger partial charge is 0.421 e. The number of aliphatic hydroxyl groups is 2. The van der Waals surface area contributed by atoms with E-state index in [1.54, 1.807) is 72.7 Å². The molecule has 2 aliphatic heterocycles. The summed E-state index contributed by atoms with van der Waals surface area (Å²) in [4.78, 5) is 37.6. The number of nitrogens with zero attached hydrogens (tertiary/aromatic N) is 2. The molecule has 5 aromatic rings. The molecule has 2 fully saturated rings. The van der Waals surface area contributed by atoms with Crippen molar-refractivity contribution in [2.24, 2.45) is 5.92 Å². The maximum Gasteiger partial charge on any atom is 0.421 e. The maximum absolute atomic E-state index is 15.1. The predicted molar refractivity (Wildman–Crippen MR) is 246 cm³/mol. The number of Topliss-reactive ketones (excluding diaryl/α,β-unsaturated/α-hetero) is 2. The number of hydrogen-bond donors (Lipinski definition) is 2. The van der Waals surface area contributed by atoms with Crippen LogP contribution in [0.25, 0.3) is 21.4 Å². The lowest BCUT2D eigenvalue weighted by atomic mass is 9.77. The normalized spacial score (nSPS) is 23.7. The van der Waals surface area contributed by atoms with Crippen LogP contribution in [-0.2, 0) is 25.2 Å². The third-order valence-electron chi connectivity index (χ3n) is 12.6. The van der Waals surface area contributed by atoms with Gasteiger partial charge in [-0.2, -0.15) is 13.2 Å². The highest BCUT2D eigenvalue weighted by molar-refractivity contribution is 7.20. The van der Waals surface area contributed by atoms with E-state index >= 15 is 4.79 Å². The highest BCUT2D eigenvalue weighted by atomic mass is 35.5. The molecule has 17 heteroatoms. The topological polar surface area (TPSA) is 137 Å². The van der Waals surface area contributed by atoms with Crippen molar-refractivity contribution in [2.75, 3.05) is 0 Å². The molecule has 2 saturated carbocycles. The van der Waals surface area contributed by atoms with E-state index in [2.05, 4.69) is 9.97 Å². The van der Waals surface area contributed by atoms with Crippen LogP contribution in [0.4, 0.5) is 13.2 Å². The largest absolute Gasteiger partial charge is 0.508 e. The fourth-order valence-electron chi connectivity index (χ4n) is 9.37. The average molecular weight is 984 g/mol. The molecule has 2 N–H and O–H groups in total. The minimum Gasteiger partial charge on any atom is -0.508 e. The first-order chi connectivity index (χ1) is 30.8. The summed E-state index contributed by atoms with van der Waals surface area (Å²) in [5.74, 6) is -2.33. The van der Waals surface area contributed by atoms with E-state index in [1.807, 2.05) is 12.1 Å². The number of rotatable bonds is 10. The molecule has 0 radical (unpaired) electrons. The van der Waals surface area contributed by atoms with Crippen molar-refractivity contribution in [2.45, 2.75) is 115 Å². The number of hydrogen-bond acceptors (Lipinski definition) is 11.